The van der Waals surface area contributed by atoms with E-state index >= 15 is 0 Å². The van der Waals surface area contributed by atoms with Gasteiger partial charge in [-0.05, 0) is 67.1 Å². The number of carbonyl (C=O) groups is 4. The second-order valence-corrected chi connectivity index (χ2v) is 9.30. The van der Waals surface area contributed by atoms with E-state index in [9.17, 15) is 19.2 Å². The minimum Gasteiger partial charge on any atom is -0.462 e. The molecule has 0 bridgehead atoms. The third kappa shape index (κ3) is 5.83. The SMILES string of the molecule is CCCOC(=O)c1cccc(N2C(=O)C(Cl)=C(Nc3ccc(C(=O)Nc4ccc(Cl)c(Cl)c4)cc3)C2=O)c1. The maximum absolute atomic E-state index is 13.1. The van der Waals surface area contributed by atoms with Crippen molar-refractivity contribution in [1.82, 2.24) is 0 Å². The minimum atomic E-state index is -0.740. The molecule has 0 aliphatic carbocycles. The summed E-state index contributed by atoms with van der Waals surface area (Å²) in [6, 6.07) is 16.9. The number of hydrogen-bond donors (Lipinski definition) is 2. The van der Waals surface area contributed by atoms with Crippen LogP contribution in [-0.4, -0.2) is 30.3 Å². The molecule has 0 radical (unpaired) electrons. The van der Waals surface area contributed by atoms with Crippen LogP contribution in [-0.2, 0) is 14.3 Å². The van der Waals surface area contributed by atoms with Crippen LogP contribution < -0.4 is 15.5 Å². The number of ether oxygens (including phenoxy) is 1. The second kappa shape index (κ2) is 11.7. The van der Waals surface area contributed by atoms with Crippen molar-refractivity contribution in [2.45, 2.75) is 13.3 Å². The number of halogens is 3. The lowest BCUT2D eigenvalue weighted by atomic mass is 10.1. The van der Waals surface area contributed by atoms with Crippen molar-refractivity contribution in [3.05, 3.63) is 98.6 Å². The molecule has 2 N–H and O–H groups in total. The zero-order valence-electron chi connectivity index (χ0n) is 19.9. The Hall–Kier alpha value is -3.85. The number of imide groups is 1. The van der Waals surface area contributed by atoms with Gasteiger partial charge in [0.15, 0.2) is 0 Å². The molecular formula is C27H20Cl3N3O5. The molecule has 194 valence electrons. The normalized spacial score (nSPS) is 13.1. The molecule has 3 aromatic rings. The Morgan fingerprint density at radius 2 is 1.55 bits per heavy atom. The van der Waals surface area contributed by atoms with E-state index in [2.05, 4.69) is 10.6 Å². The fraction of sp³-hybridized carbons (Fsp3) is 0.111. The van der Waals surface area contributed by atoms with Crippen LogP contribution in [0.5, 0.6) is 0 Å². The average Bonchev–Trinajstić information content (AvgIpc) is 3.12. The first kappa shape index (κ1) is 27.2. The molecule has 38 heavy (non-hydrogen) atoms. The first-order chi connectivity index (χ1) is 18.2. The van der Waals surface area contributed by atoms with Gasteiger partial charge in [-0.3, -0.25) is 14.4 Å². The van der Waals surface area contributed by atoms with Crippen LogP contribution in [0.1, 0.15) is 34.1 Å². The van der Waals surface area contributed by atoms with E-state index in [0.29, 0.717) is 33.4 Å². The summed E-state index contributed by atoms with van der Waals surface area (Å²) >= 11 is 18.1. The number of esters is 1. The van der Waals surface area contributed by atoms with Crippen LogP contribution in [0.15, 0.2) is 77.5 Å². The fourth-order valence-electron chi connectivity index (χ4n) is 3.52. The zero-order chi connectivity index (χ0) is 27.4. The topological polar surface area (TPSA) is 105 Å². The molecule has 0 saturated heterocycles. The molecule has 0 fully saturated rings. The summed E-state index contributed by atoms with van der Waals surface area (Å²) in [5, 5.41) is 5.93. The molecule has 1 aliphatic rings. The molecule has 4 rings (SSSR count). The van der Waals surface area contributed by atoms with E-state index in [1.165, 1.54) is 36.4 Å². The van der Waals surface area contributed by atoms with Crippen molar-refractivity contribution < 1.29 is 23.9 Å². The summed E-state index contributed by atoms with van der Waals surface area (Å²) in [4.78, 5) is 51.6. The number of carbonyl (C=O) groups excluding carboxylic acids is 4. The highest BCUT2D eigenvalue weighted by Gasteiger charge is 2.39. The number of amides is 3. The first-order valence-electron chi connectivity index (χ1n) is 11.4. The van der Waals surface area contributed by atoms with Gasteiger partial charge in [0, 0.05) is 16.9 Å². The Balaban J connectivity index is 1.46. The number of nitrogens with one attached hydrogen (secondary N) is 2. The highest BCUT2D eigenvalue weighted by molar-refractivity contribution is 6.53. The number of rotatable bonds is 8. The Morgan fingerprint density at radius 1 is 0.842 bits per heavy atom. The van der Waals surface area contributed by atoms with E-state index < -0.39 is 17.8 Å². The highest BCUT2D eigenvalue weighted by Crippen LogP contribution is 2.31. The van der Waals surface area contributed by atoms with Crippen molar-refractivity contribution in [3.8, 4) is 0 Å². The van der Waals surface area contributed by atoms with E-state index in [1.807, 2.05) is 6.92 Å². The van der Waals surface area contributed by atoms with Gasteiger partial charge in [-0.1, -0.05) is 47.8 Å². The molecule has 0 unspecified atom stereocenters. The zero-order valence-corrected chi connectivity index (χ0v) is 22.2. The molecular weight excluding hydrogens is 553 g/mol. The predicted molar refractivity (Wildman–Crippen MR) is 147 cm³/mol. The van der Waals surface area contributed by atoms with Gasteiger partial charge >= 0.3 is 5.97 Å². The highest BCUT2D eigenvalue weighted by atomic mass is 35.5. The summed E-state index contributed by atoms with van der Waals surface area (Å²) in [5.41, 5.74) is 1.47. The Labute approximate surface area is 233 Å². The first-order valence-corrected chi connectivity index (χ1v) is 12.5. The van der Waals surface area contributed by atoms with Crippen molar-refractivity contribution in [1.29, 1.82) is 0 Å². The van der Waals surface area contributed by atoms with Crippen LogP contribution in [0.4, 0.5) is 17.1 Å². The smallest absolute Gasteiger partial charge is 0.338 e. The summed E-state index contributed by atoms with van der Waals surface area (Å²) in [5.74, 6) is -2.38. The molecule has 8 nitrogen and oxygen atoms in total. The quantitative estimate of drug-likeness (QED) is 0.244. The van der Waals surface area contributed by atoms with Gasteiger partial charge in [0.05, 0.1) is 27.9 Å². The molecule has 0 spiro atoms. The van der Waals surface area contributed by atoms with Crippen LogP contribution in [0.2, 0.25) is 10.0 Å². The maximum atomic E-state index is 13.1. The van der Waals surface area contributed by atoms with E-state index in [1.54, 1.807) is 30.3 Å². The molecule has 0 saturated carbocycles. The third-order valence-electron chi connectivity index (χ3n) is 5.40. The predicted octanol–water partition coefficient (Wildman–Crippen LogP) is 6.25. The number of benzene rings is 3. The van der Waals surface area contributed by atoms with Gasteiger partial charge < -0.3 is 15.4 Å². The van der Waals surface area contributed by atoms with Crippen molar-refractivity contribution in [2.24, 2.45) is 0 Å². The molecule has 3 aromatic carbocycles. The van der Waals surface area contributed by atoms with Gasteiger partial charge in [-0.15, -0.1) is 0 Å². The van der Waals surface area contributed by atoms with E-state index in [-0.39, 0.29) is 34.5 Å². The lowest BCUT2D eigenvalue weighted by molar-refractivity contribution is -0.120. The van der Waals surface area contributed by atoms with E-state index in [0.717, 1.165) is 4.90 Å². The van der Waals surface area contributed by atoms with Crippen LogP contribution in [0, 0.1) is 0 Å². The lowest BCUT2D eigenvalue weighted by Crippen LogP contribution is -2.32. The third-order valence-corrected chi connectivity index (χ3v) is 6.49. The summed E-state index contributed by atoms with van der Waals surface area (Å²) in [6.07, 6.45) is 0.659. The fourth-order valence-corrected chi connectivity index (χ4v) is 4.03. The number of nitrogens with zero attached hydrogens (tertiary/aromatic N) is 1. The van der Waals surface area contributed by atoms with Crippen molar-refractivity contribution >= 4 is 75.6 Å². The monoisotopic (exact) mass is 571 g/mol. The number of hydrogen-bond acceptors (Lipinski definition) is 6. The van der Waals surface area contributed by atoms with Crippen molar-refractivity contribution in [2.75, 3.05) is 22.1 Å². The molecule has 0 atom stereocenters. The van der Waals surface area contributed by atoms with Gasteiger partial charge in [0.25, 0.3) is 17.7 Å². The maximum Gasteiger partial charge on any atom is 0.338 e. The molecule has 1 aliphatic heterocycles. The standard InChI is InChI=1S/C27H20Cl3N3O5/c1-2-12-38-27(37)16-4-3-5-19(13-16)33-25(35)22(30)23(26(33)36)31-17-8-6-15(7-9-17)24(34)32-18-10-11-20(28)21(29)14-18/h3-11,13-14,31H,2,12H2,1H3,(H,32,34). The lowest BCUT2D eigenvalue weighted by Gasteiger charge is -2.16. The summed E-state index contributed by atoms with van der Waals surface area (Å²) in [7, 11) is 0. The minimum absolute atomic E-state index is 0.136. The van der Waals surface area contributed by atoms with Gasteiger partial charge in [0.1, 0.15) is 10.7 Å². The van der Waals surface area contributed by atoms with Gasteiger partial charge in [-0.2, -0.15) is 0 Å². The van der Waals surface area contributed by atoms with Gasteiger partial charge in [0.2, 0.25) is 0 Å². The van der Waals surface area contributed by atoms with E-state index in [4.69, 9.17) is 39.5 Å². The molecule has 0 aromatic heterocycles. The molecule has 11 heteroatoms. The largest absolute Gasteiger partial charge is 0.462 e. The van der Waals surface area contributed by atoms with Crippen LogP contribution in [0.3, 0.4) is 0 Å². The Kier molecular flexibility index (Phi) is 8.36. The summed E-state index contributed by atoms with van der Waals surface area (Å²) < 4.78 is 5.12. The Bertz CT molecular complexity index is 1470. The van der Waals surface area contributed by atoms with Crippen LogP contribution in [0.25, 0.3) is 0 Å². The summed E-state index contributed by atoms with van der Waals surface area (Å²) in [6.45, 7) is 2.12. The molecule has 3 amide bonds. The number of anilines is 3. The second-order valence-electron chi connectivity index (χ2n) is 8.11. The van der Waals surface area contributed by atoms with Gasteiger partial charge in [-0.25, -0.2) is 9.69 Å². The van der Waals surface area contributed by atoms with Crippen LogP contribution >= 0.6 is 34.8 Å². The van der Waals surface area contributed by atoms with Crippen molar-refractivity contribution in [3.63, 3.8) is 0 Å². The Morgan fingerprint density at radius 3 is 2.24 bits per heavy atom. The average molecular weight is 573 g/mol. The molecule has 1 heterocycles.